The highest BCUT2D eigenvalue weighted by molar-refractivity contribution is 7.90. The number of thiophene rings is 1. The number of amidine groups is 1. The van der Waals surface area contributed by atoms with Gasteiger partial charge in [-0.25, -0.2) is 0 Å². The minimum Gasteiger partial charge on any atom is -0.379 e. The molecule has 0 bridgehead atoms. The Morgan fingerprint density at radius 1 is 1.18 bits per heavy atom. The summed E-state index contributed by atoms with van der Waals surface area (Å²) < 4.78 is 34.5. The van der Waals surface area contributed by atoms with Crippen LogP contribution in [0.1, 0.15) is 29.3 Å². The highest BCUT2D eigenvalue weighted by Gasteiger charge is 2.35. The third kappa shape index (κ3) is 4.70. The van der Waals surface area contributed by atoms with Gasteiger partial charge in [-0.3, -0.25) is 9.69 Å². The van der Waals surface area contributed by atoms with E-state index in [0.717, 1.165) is 25.9 Å². The van der Waals surface area contributed by atoms with Gasteiger partial charge in [-0.05, 0) is 36.4 Å². The first-order valence-corrected chi connectivity index (χ1v) is 13.7. The van der Waals surface area contributed by atoms with E-state index in [4.69, 9.17) is 4.74 Å². The summed E-state index contributed by atoms with van der Waals surface area (Å²) in [6.45, 7) is 4.83. The largest absolute Gasteiger partial charge is 0.379 e. The first-order valence-electron chi connectivity index (χ1n) is 11.3. The van der Waals surface area contributed by atoms with Crippen molar-refractivity contribution < 1.29 is 17.9 Å². The maximum atomic E-state index is 13.2. The van der Waals surface area contributed by atoms with E-state index < -0.39 is 10.0 Å². The summed E-state index contributed by atoms with van der Waals surface area (Å²) in [5.74, 6) is 0.280. The van der Waals surface area contributed by atoms with E-state index in [-0.39, 0.29) is 22.8 Å². The lowest BCUT2D eigenvalue weighted by Crippen LogP contribution is -2.48. The predicted octanol–water partition coefficient (Wildman–Crippen LogP) is 2.10. The maximum Gasteiger partial charge on any atom is 0.285 e. The van der Waals surface area contributed by atoms with Crippen molar-refractivity contribution in [3.8, 4) is 0 Å². The Morgan fingerprint density at radius 2 is 2.00 bits per heavy atom. The SMILES string of the molecule is O=C(NC[C@H](c1cccs1)N1CCOCC1)[C@H]1CCCN(C2=NS(=O)(=O)c3ccccc32)C1. The Labute approximate surface area is 198 Å². The lowest BCUT2D eigenvalue weighted by molar-refractivity contribution is -0.126. The summed E-state index contributed by atoms with van der Waals surface area (Å²) in [4.78, 5) is 19.0. The normalized spacial score (nSPS) is 23.6. The van der Waals surface area contributed by atoms with Crippen molar-refractivity contribution in [3.05, 3.63) is 52.2 Å². The van der Waals surface area contributed by atoms with Gasteiger partial charge in [0.25, 0.3) is 10.0 Å². The fraction of sp³-hybridized carbons (Fsp3) is 0.478. The van der Waals surface area contributed by atoms with Gasteiger partial charge >= 0.3 is 0 Å². The third-order valence-electron chi connectivity index (χ3n) is 6.53. The molecule has 0 aliphatic carbocycles. The van der Waals surface area contributed by atoms with Crippen LogP contribution in [-0.4, -0.2) is 75.9 Å². The molecule has 33 heavy (non-hydrogen) atoms. The topological polar surface area (TPSA) is 91.3 Å². The molecular formula is C23H28N4O4S2. The van der Waals surface area contributed by atoms with Gasteiger partial charge in [0.2, 0.25) is 5.91 Å². The molecule has 3 aliphatic heterocycles. The van der Waals surface area contributed by atoms with Crippen molar-refractivity contribution in [2.45, 2.75) is 23.8 Å². The molecule has 1 N–H and O–H groups in total. The van der Waals surface area contributed by atoms with Crippen LogP contribution in [-0.2, 0) is 19.6 Å². The predicted molar refractivity (Wildman–Crippen MR) is 127 cm³/mol. The number of amides is 1. The van der Waals surface area contributed by atoms with E-state index in [2.05, 4.69) is 26.1 Å². The van der Waals surface area contributed by atoms with E-state index in [0.29, 0.717) is 44.2 Å². The van der Waals surface area contributed by atoms with Gasteiger partial charge in [0.15, 0.2) is 5.84 Å². The molecule has 8 nitrogen and oxygen atoms in total. The molecule has 0 unspecified atom stereocenters. The average molecular weight is 489 g/mol. The van der Waals surface area contributed by atoms with Crippen molar-refractivity contribution in [2.24, 2.45) is 10.3 Å². The van der Waals surface area contributed by atoms with E-state index in [1.54, 1.807) is 29.5 Å². The standard InChI is InChI=1S/C23H28N4O4S2/c28-23(24-15-19(20-7-4-14-32-20)26-10-12-31-13-11-26)17-5-3-9-27(16-17)22-18-6-1-2-8-21(18)33(29,30)25-22/h1-2,4,6-8,14,17,19H,3,5,9-13,15-16H2,(H,24,28)/t17-,19+/m0/s1. The van der Waals surface area contributed by atoms with Gasteiger partial charge in [0, 0.05) is 43.2 Å². The van der Waals surface area contributed by atoms with Gasteiger partial charge in [-0.1, -0.05) is 18.2 Å². The van der Waals surface area contributed by atoms with Crippen molar-refractivity contribution in [1.82, 2.24) is 15.1 Å². The Kier molecular flexibility index (Phi) is 6.51. The van der Waals surface area contributed by atoms with Gasteiger partial charge < -0.3 is 15.0 Å². The molecule has 5 rings (SSSR count). The Morgan fingerprint density at radius 3 is 2.79 bits per heavy atom. The lowest BCUT2D eigenvalue weighted by Gasteiger charge is -2.36. The number of morpholine rings is 1. The molecule has 1 amide bonds. The fourth-order valence-corrected chi connectivity index (χ4v) is 6.91. The van der Waals surface area contributed by atoms with Gasteiger partial charge in [0.05, 0.1) is 25.2 Å². The molecule has 1 aromatic heterocycles. The number of ether oxygens (including phenoxy) is 1. The second-order valence-electron chi connectivity index (χ2n) is 8.60. The minimum atomic E-state index is -3.67. The van der Waals surface area contributed by atoms with Crippen molar-refractivity contribution in [3.63, 3.8) is 0 Å². The van der Waals surface area contributed by atoms with Crippen LogP contribution in [0.2, 0.25) is 0 Å². The van der Waals surface area contributed by atoms with Crippen molar-refractivity contribution >= 4 is 33.1 Å². The molecule has 2 fully saturated rings. The first kappa shape index (κ1) is 22.5. The van der Waals surface area contributed by atoms with Crippen molar-refractivity contribution in [1.29, 1.82) is 0 Å². The molecule has 0 radical (unpaired) electrons. The number of rotatable bonds is 5. The number of carbonyl (C=O) groups is 1. The molecule has 2 atom stereocenters. The molecule has 3 aliphatic rings. The number of hydrogen-bond acceptors (Lipinski definition) is 7. The number of hydrogen-bond donors (Lipinski definition) is 1. The van der Waals surface area contributed by atoms with Crippen molar-refractivity contribution in [2.75, 3.05) is 45.9 Å². The number of nitrogens with one attached hydrogen (secondary N) is 1. The number of fused-ring (bicyclic) bond motifs is 1. The number of nitrogens with zero attached hydrogens (tertiary/aromatic N) is 3. The zero-order valence-electron chi connectivity index (χ0n) is 18.4. The number of benzene rings is 1. The molecule has 10 heteroatoms. The Bertz CT molecular complexity index is 1130. The summed E-state index contributed by atoms with van der Waals surface area (Å²) >= 11 is 1.71. The molecule has 0 saturated carbocycles. The van der Waals surface area contributed by atoms with Crippen LogP contribution in [0.3, 0.4) is 0 Å². The monoisotopic (exact) mass is 488 g/mol. The van der Waals surface area contributed by atoms with E-state index >= 15 is 0 Å². The Hall–Kier alpha value is -2.27. The maximum absolute atomic E-state index is 13.2. The van der Waals surface area contributed by atoms with Crippen LogP contribution in [0.15, 0.2) is 51.1 Å². The van der Waals surface area contributed by atoms with Gasteiger partial charge in [-0.15, -0.1) is 15.7 Å². The van der Waals surface area contributed by atoms with Gasteiger partial charge in [-0.2, -0.15) is 8.42 Å². The van der Waals surface area contributed by atoms with Crippen LogP contribution < -0.4 is 5.32 Å². The molecular weight excluding hydrogens is 460 g/mol. The average Bonchev–Trinajstić information content (AvgIpc) is 3.47. The van der Waals surface area contributed by atoms with Crippen LogP contribution in [0.5, 0.6) is 0 Å². The minimum absolute atomic E-state index is 0.0178. The van der Waals surface area contributed by atoms with Crippen LogP contribution in [0.4, 0.5) is 0 Å². The highest BCUT2D eigenvalue weighted by Crippen LogP contribution is 2.30. The fourth-order valence-electron chi connectivity index (χ4n) is 4.82. The smallest absolute Gasteiger partial charge is 0.285 e. The zero-order chi connectivity index (χ0) is 22.8. The molecule has 176 valence electrons. The summed E-state index contributed by atoms with van der Waals surface area (Å²) in [5.41, 5.74) is 0.628. The van der Waals surface area contributed by atoms with Crippen LogP contribution in [0.25, 0.3) is 0 Å². The highest BCUT2D eigenvalue weighted by atomic mass is 32.2. The molecule has 4 heterocycles. The molecule has 1 aromatic carbocycles. The Balaban J connectivity index is 1.26. The second kappa shape index (κ2) is 9.54. The summed E-state index contributed by atoms with van der Waals surface area (Å²) in [6, 6.07) is 11.2. The number of carbonyl (C=O) groups excluding carboxylic acids is 1. The van der Waals surface area contributed by atoms with E-state index in [9.17, 15) is 13.2 Å². The van der Waals surface area contributed by atoms with Crippen LogP contribution >= 0.6 is 11.3 Å². The summed E-state index contributed by atoms with van der Waals surface area (Å²) in [5, 5.41) is 5.25. The third-order valence-corrected chi connectivity index (χ3v) is 8.83. The summed E-state index contributed by atoms with van der Waals surface area (Å²) in [7, 11) is -3.67. The number of likely N-dealkylation sites (tertiary alicyclic amines) is 1. The lowest BCUT2D eigenvalue weighted by atomic mass is 9.96. The molecule has 0 spiro atoms. The summed E-state index contributed by atoms with van der Waals surface area (Å²) in [6.07, 6.45) is 1.60. The van der Waals surface area contributed by atoms with E-state index in [1.165, 1.54) is 4.88 Å². The number of sulfonamides is 1. The van der Waals surface area contributed by atoms with E-state index in [1.807, 2.05) is 17.0 Å². The van der Waals surface area contributed by atoms with Crippen LogP contribution in [0, 0.1) is 5.92 Å². The second-order valence-corrected chi connectivity index (χ2v) is 11.1. The molecule has 2 aromatic rings. The number of piperidine rings is 1. The quantitative estimate of drug-likeness (QED) is 0.693. The molecule has 2 saturated heterocycles. The van der Waals surface area contributed by atoms with Gasteiger partial charge in [0.1, 0.15) is 4.90 Å². The zero-order valence-corrected chi connectivity index (χ0v) is 20.0. The first-order chi connectivity index (χ1) is 16.0.